The lowest BCUT2D eigenvalue weighted by molar-refractivity contribution is -0.387. The van der Waals surface area contributed by atoms with Gasteiger partial charge in [-0.2, -0.15) is 0 Å². The van der Waals surface area contributed by atoms with Crippen molar-refractivity contribution in [2.75, 3.05) is 0 Å². The number of imidazole rings is 1. The molecule has 8 nitrogen and oxygen atoms in total. The van der Waals surface area contributed by atoms with Crippen molar-refractivity contribution < 1.29 is 9.55 Å². The number of rotatable bonds is 3. The van der Waals surface area contributed by atoms with Crippen molar-refractivity contribution in [1.29, 1.82) is 0 Å². The van der Waals surface area contributed by atoms with Gasteiger partial charge in [-0.1, -0.05) is 12.1 Å². The number of hydrogen-bond acceptors (Lipinski definition) is 7. The normalized spacial score (nSPS) is 11.3. The summed E-state index contributed by atoms with van der Waals surface area (Å²) in [6.07, 6.45) is 0. The highest BCUT2D eigenvalue weighted by atomic mass is 32.2. The van der Waals surface area contributed by atoms with Crippen LogP contribution >= 0.6 is 11.8 Å². The van der Waals surface area contributed by atoms with E-state index in [2.05, 4.69) is 24.9 Å². The fraction of sp³-hybridized carbons (Fsp3) is 0. The zero-order valence-corrected chi connectivity index (χ0v) is 11.7. The van der Waals surface area contributed by atoms with Gasteiger partial charge in [0.05, 0.1) is 16.0 Å². The van der Waals surface area contributed by atoms with E-state index in [-0.39, 0.29) is 5.69 Å². The third kappa shape index (κ3) is 1.99. The fourth-order valence-corrected chi connectivity index (χ4v) is 3.12. The highest BCUT2D eigenvalue weighted by molar-refractivity contribution is 7.99. The van der Waals surface area contributed by atoms with E-state index in [1.54, 1.807) is 0 Å². The van der Waals surface area contributed by atoms with Crippen LogP contribution in [0.25, 0.3) is 22.1 Å². The van der Waals surface area contributed by atoms with Crippen molar-refractivity contribution in [1.82, 2.24) is 20.3 Å². The number of H-pyrrole nitrogens is 1. The van der Waals surface area contributed by atoms with Crippen molar-refractivity contribution in [2.45, 2.75) is 10.1 Å². The molecular weight excluding hydrogens is 306 g/mol. The molecule has 1 N–H and O–H groups in total. The Labute approximate surface area is 126 Å². The highest BCUT2D eigenvalue weighted by Gasteiger charge is 2.22. The van der Waals surface area contributed by atoms with Gasteiger partial charge in [0.2, 0.25) is 0 Å². The first kappa shape index (κ1) is 12.8. The summed E-state index contributed by atoms with van der Waals surface area (Å²) in [5.41, 5.74) is 2.40. The maximum Gasteiger partial charge on any atom is 0.285 e. The smallest absolute Gasteiger partial charge is 0.285 e. The number of benzene rings is 2. The van der Waals surface area contributed by atoms with E-state index < -0.39 is 4.92 Å². The number of aromatic amines is 1. The van der Waals surface area contributed by atoms with E-state index in [9.17, 15) is 10.1 Å². The largest absolute Gasteiger partial charge is 0.333 e. The van der Waals surface area contributed by atoms with Crippen molar-refractivity contribution in [3.8, 4) is 0 Å². The van der Waals surface area contributed by atoms with Gasteiger partial charge in [-0.3, -0.25) is 10.1 Å². The lowest BCUT2D eigenvalue weighted by Crippen LogP contribution is -1.92. The van der Waals surface area contributed by atoms with Crippen LogP contribution in [0.2, 0.25) is 0 Å². The number of nitrogens with one attached hydrogen (secondary N) is 1. The third-order valence-corrected chi connectivity index (χ3v) is 4.12. The van der Waals surface area contributed by atoms with Crippen LogP contribution < -0.4 is 0 Å². The highest BCUT2D eigenvalue weighted by Crippen LogP contribution is 2.38. The van der Waals surface area contributed by atoms with E-state index in [0.717, 1.165) is 22.8 Å². The monoisotopic (exact) mass is 313 g/mol. The Morgan fingerprint density at radius 3 is 2.82 bits per heavy atom. The summed E-state index contributed by atoms with van der Waals surface area (Å²) in [4.78, 5) is 18.6. The Morgan fingerprint density at radius 2 is 2.00 bits per heavy atom. The van der Waals surface area contributed by atoms with Gasteiger partial charge in [0, 0.05) is 6.07 Å². The Balaban J connectivity index is 1.87. The molecule has 0 fully saturated rings. The maximum atomic E-state index is 11.2. The predicted molar refractivity (Wildman–Crippen MR) is 78.7 cm³/mol. The molecule has 0 spiro atoms. The van der Waals surface area contributed by atoms with Crippen molar-refractivity contribution in [2.24, 2.45) is 0 Å². The van der Waals surface area contributed by atoms with E-state index in [1.165, 1.54) is 12.1 Å². The van der Waals surface area contributed by atoms with E-state index in [4.69, 9.17) is 0 Å². The average Bonchev–Trinajstić information content (AvgIpc) is 3.12. The molecule has 0 saturated carbocycles. The molecule has 0 aliphatic heterocycles. The molecule has 2 heterocycles. The van der Waals surface area contributed by atoms with Crippen molar-refractivity contribution in [3.63, 3.8) is 0 Å². The third-order valence-electron chi connectivity index (χ3n) is 3.12. The van der Waals surface area contributed by atoms with E-state index >= 15 is 0 Å². The number of aromatic nitrogens is 4. The van der Waals surface area contributed by atoms with Crippen LogP contribution in [-0.4, -0.2) is 25.2 Å². The molecule has 4 aromatic rings. The van der Waals surface area contributed by atoms with Crippen LogP contribution in [0.5, 0.6) is 0 Å². The van der Waals surface area contributed by atoms with Gasteiger partial charge in [0.15, 0.2) is 10.7 Å². The molecule has 0 radical (unpaired) electrons. The number of nitro groups is 1. The van der Waals surface area contributed by atoms with Gasteiger partial charge in [-0.25, -0.2) is 9.61 Å². The van der Waals surface area contributed by atoms with Crippen LogP contribution in [0.1, 0.15) is 0 Å². The van der Waals surface area contributed by atoms with Crippen LogP contribution in [0.4, 0.5) is 5.69 Å². The zero-order valence-electron chi connectivity index (χ0n) is 10.9. The summed E-state index contributed by atoms with van der Waals surface area (Å²) in [6.45, 7) is 0. The summed E-state index contributed by atoms with van der Waals surface area (Å²) in [5.74, 6) is 0. The van der Waals surface area contributed by atoms with E-state index in [0.29, 0.717) is 21.1 Å². The van der Waals surface area contributed by atoms with Gasteiger partial charge >= 0.3 is 0 Å². The second kappa shape index (κ2) is 4.81. The summed E-state index contributed by atoms with van der Waals surface area (Å²) < 4.78 is 4.67. The van der Waals surface area contributed by atoms with Gasteiger partial charge in [0.1, 0.15) is 10.4 Å². The zero-order chi connectivity index (χ0) is 15.1. The Kier molecular flexibility index (Phi) is 2.79. The summed E-state index contributed by atoms with van der Waals surface area (Å²) in [5, 5.41) is 19.2. The van der Waals surface area contributed by atoms with Crippen molar-refractivity contribution in [3.05, 3.63) is 46.5 Å². The summed E-state index contributed by atoms with van der Waals surface area (Å²) >= 11 is 1.13. The second-order valence-corrected chi connectivity index (χ2v) is 5.46. The van der Waals surface area contributed by atoms with Crippen LogP contribution in [0, 0.1) is 10.1 Å². The molecule has 0 aliphatic carbocycles. The van der Waals surface area contributed by atoms with Gasteiger partial charge in [-0.05, 0) is 40.3 Å². The number of nitrogens with zero attached hydrogens (tertiary/aromatic N) is 4. The first-order valence-corrected chi connectivity index (χ1v) is 7.06. The molecule has 0 saturated heterocycles. The van der Waals surface area contributed by atoms with Gasteiger partial charge in [0.25, 0.3) is 5.69 Å². The number of hydrogen-bond donors (Lipinski definition) is 1. The first-order valence-electron chi connectivity index (χ1n) is 6.24. The molecule has 0 aliphatic rings. The minimum Gasteiger partial charge on any atom is -0.333 e. The molecule has 4 rings (SSSR count). The summed E-state index contributed by atoms with van der Waals surface area (Å²) in [6, 6.07) is 10.4. The standard InChI is InChI=1S/C13H7N5O3S/c19-18(20)10-6-5-9-11(17-21-16-9)12(10)22-13-14-7-3-1-2-4-8(7)15-13/h1-6H,(H,14,15). The second-order valence-electron chi connectivity index (χ2n) is 4.46. The molecular formula is C13H7N5O3S. The molecule has 0 unspecified atom stereocenters. The quantitative estimate of drug-likeness (QED) is 0.456. The Morgan fingerprint density at radius 1 is 1.14 bits per heavy atom. The number of fused-ring (bicyclic) bond motifs is 2. The molecule has 0 bridgehead atoms. The Hall–Kier alpha value is -2.94. The SMILES string of the molecule is O=[N+]([O-])c1ccc2nonc2c1Sc1nc2ccccc2[nH]1. The molecule has 0 amide bonds. The van der Waals surface area contributed by atoms with Gasteiger partial charge in [-0.15, -0.1) is 0 Å². The minimum absolute atomic E-state index is 0.0614. The maximum absolute atomic E-state index is 11.2. The molecule has 9 heteroatoms. The Bertz CT molecular complexity index is 976. The van der Waals surface area contributed by atoms with Gasteiger partial charge < -0.3 is 4.98 Å². The molecule has 22 heavy (non-hydrogen) atoms. The van der Waals surface area contributed by atoms with E-state index in [1.807, 2.05) is 24.3 Å². The molecule has 2 aromatic heterocycles. The molecule has 2 aromatic carbocycles. The fourth-order valence-electron chi connectivity index (χ4n) is 2.14. The van der Waals surface area contributed by atoms with Crippen LogP contribution in [0.15, 0.2) is 51.1 Å². The average molecular weight is 313 g/mol. The van der Waals surface area contributed by atoms with Crippen LogP contribution in [0.3, 0.4) is 0 Å². The lowest BCUT2D eigenvalue weighted by Gasteiger charge is -2.00. The van der Waals surface area contributed by atoms with Crippen LogP contribution in [-0.2, 0) is 0 Å². The topological polar surface area (TPSA) is 111 Å². The predicted octanol–water partition coefficient (Wildman–Crippen LogP) is 3.16. The number of nitro benzene ring substituents is 1. The molecule has 108 valence electrons. The summed E-state index contributed by atoms with van der Waals surface area (Å²) in [7, 11) is 0. The minimum atomic E-state index is -0.459. The lowest BCUT2D eigenvalue weighted by atomic mass is 10.3. The number of para-hydroxylation sites is 2. The van der Waals surface area contributed by atoms with Crippen molar-refractivity contribution >= 4 is 39.5 Å². The first-order chi connectivity index (χ1) is 10.7. The molecule has 0 atom stereocenters.